The fourth-order valence-corrected chi connectivity index (χ4v) is 1.80. The Bertz CT molecular complexity index is 773. The van der Waals surface area contributed by atoms with E-state index in [-0.39, 0.29) is 17.4 Å². The highest BCUT2D eigenvalue weighted by Crippen LogP contribution is 2.13. The molecule has 1 heterocycles. The number of aromatic amines is 1. The molecule has 2 aromatic rings. The molecule has 0 spiro atoms. The van der Waals surface area contributed by atoms with Crippen LogP contribution in [0.25, 0.3) is 17.0 Å². The summed E-state index contributed by atoms with van der Waals surface area (Å²) in [5.41, 5.74) is 0.355. The van der Waals surface area contributed by atoms with Gasteiger partial charge in [-0.1, -0.05) is 18.2 Å². The monoisotopic (exact) mass is 273 g/mol. The van der Waals surface area contributed by atoms with Crippen LogP contribution in [-0.4, -0.2) is 27.1 Å². The van der Waals surface area contributed by atoms with Crippen LogP contribution in [0.4, 0.5) is 0 Å². The van der Waals surface area contributed by atoms with E-state index < -0.39 is 17.4 Å². The molecule has 0 atom stereocenters. The lowest BCUT2D eigenvalue weighted by Crippen LogP contribution is -2.15. The lowest BCUT2D eigenvalue weighted by molar-refractivity contribution is -0.135. The number of carboxylic acids is 2. The van der Waals surface area contributed by atoms with Crippen LogP contribution >= 0.6 is 0 Å². The maximum Gasteiger partial charge on any atom is 0.341 e. The van der Waals surface area contributed by atoms with Crippen molar-refractivity contribution in [1.29, 1.82) is 0 Å². The summed E-state index contributed by atoms with van der Waals surface area (Å²) in [5, 5.41) is 17.7. The van der Waals surface area contributed by atoms with Crippen molar-refractivity contribution < 1.29 is 19.8 Å². The third-order valence-corrected chi connectivity index (χ3v) is 2.74. The number of hydrogen-bond acceptors (Lipinski definition) is 3. The van der Waals surface area contributed by atoms with Gasteiger partial charge in [-0.25, -0.2) is 4.79 Å². The molecule has 6 heteroatoms. The van der Waals surface area contributed by atoms with E-state index in [0.717, 1.165) is 11.8 Å². The SMILES string of the molecule is O=C(O)CC=Cc1ccc2c(=O)c(C(=O)O)c[nH]c2c1. The van der Waals surface area contributed by atoms with Crippen molar-refractivity contribution in [2.75, 3.05) is 0 Å². The Hall–Kier alpha value is -2.89. The summed E-state index contributed by atoms with van der Waals surface area (Å²) in [6, 6.07) is 4.79. The highest BCUT2D eigenvalue weighted by atomic mass is 16.4. The third-order valence-electron chi connectivity index (χ3n) is 2.74. The minimum atomic E-state index is -1.28. The standard InChI is InChI=1S/C14H11NO5/c16-12(17)3-1-2-8-4-5-9-11(6-8)15-7-10(13(9)18)14(19)20/h1-2,4-7H,3H2,(H,15,18)(H,16,17)(H,19,20). The first-order valence-electron chi connectivity index (χ1n) is 5.76. The molecule has 6 nitrogen and oxygen atoms in total. The number of fused-ring (bicyclic) bond motifs is 1. The fraction of sp³-hybridized carbons (Fsp3) is 0.0714. The predicted molar refractivity (Wildman–Crippen MR) is 72.8 cm³/mol. The number of H-pyrrole nitrogens is 1. The smallest absolute Gasteiger partial charge is 0.341 e. The topological polar surface area (TPSA) is 107 Å². The molecule has 3 N–H and O–H groups in total. The Morgan fingerprint density at radius 2 is 2.00 bits per heavy atom. The quantitative estimate of drug-likeness (QED) is 0.786. The van der Waals surface area contributed by atoms with Crippen molar-refractivity contribution >= 4 is 28.9 Å². The molecule has 1 aromatic carbocycles. The Kier molecular flexibility index (Phi) is 3.65. The van der Waals surface area contributed by atoms with Gasteiger partial charge in [-0.3, -0.25) is 9.59 Å². The third kappa shape index (κ3) is 2.74. The van der Waals surface area contributed by atoms with Gasteiger partial charge in [0, 0.05) is 17.1 Å². The maximum atomic E-state index is 11.9. The number of benzene rings is 1. The molecule has 0 saturated heterocycles. The second-order valence-corrected chi connectivity index (χ2v) is 4.14. The van der Waals surface area contributed by atoms with E-state index in [4.69, 9.17) is 10.2 Å². The van der Waals surface area contributed by atoms with Crippen molar-refractivity contribution in [2.24, 2.45) is 0 Å². The number of carbonyl (C=O) groups is 2. The first-order chi connectivity index (χ1) is 9.49. The minimum Gasteiger partial charge on any atom is -0.481 e. The molecule has 20 heavy (non-hydrogen) atoms. The van der Waals surface area contributed by atoms with Crippen LogP contribution < -0.4 is 5.43 Å². The summed E-state index contributed by atoms with van der Waals surface area (Å²) in [5.74, 6) is -2.21. The molecule has 0 bridgehead atoms. The average Bonchev–Trinajstić information content (AvgIpc) is 2.38. The number of carboxylic acid groups (broad SMARTS) is 2. The predicted octanol–water partition coefficient (Wildman–Crippen LogP) is 1.71. The molecule has 0 aliphatic rings. The first-order valence-corrected chi connectivity index (χ1v) is 5.76. The van der Waals surface area contributed by atoms with E-state index in [1.165, 1.54) is 12.1 Å². The number of pyridine rings is 1. The van der Waals surface area contributed by atoms with Crippen molar-refractivity contribution in [3.05, 3.63) is 51.8 Å². The van der Waals surface area contributed by atoms with Crippen molar-refractivity contribution in [2.45, 2.75) is 6.42 Å². The summed E-state index contributed by atoms with van der Waals surface area (Å²) in [7, 11) is 0. The van der Waals surface area contributed by atoms with Gasteiger partial charge < -0.3 is 15.2 Å². The van der Waals surface area contributed by atoms with Gasteiger partial charge in [-0.05, 0) is 17.7 Å². The van der Waals surface area contributed by atoms with E-state index in [9.17, 15) is 14.4 Å². The molecule has 0 aliphatic heterocycles. The largest absolute Gasteiger partial charge is 0.481 e. The first kappa shape index (κ1) is 13.5. The van der Waals surface area contributed by atoms with Crippen LogP contribution in [-0.2, 0) is 4.79 Å². The highest BCUT2D eigenvalue weighted by Gasteiger charge is 2.11. The number of aromatic carboxylic acids is 1. The number of aromatic nitrogens is 1. The van der Waals surface area contributed by atoms with Crippen molar-refractivity contribution in [1.82, 2.24) is 4.98 Å². The summed E-state index contributed by atoms with van der Waals surface area (Å²) in [6.07, 6.45) is 4.18. The van der Waals surface area contributed by atoms with Gasteiger partial charge in [0.2, 0.25) is 5.43 Å². The molecule has 0 radical (unpaired) electrons. The molecular formula is C14H11NO5. The summed E-state index contributed by atoms with van der Waals surface area (Å²) in [6.45, 7) is 0. The minimum absolute atomic E-state index is 0.0908. The molecule has 0 amide bonds. The lowest BCUT2D eigenvalue weighted by atomic mass is 10.1. The van der Waals surface area contributed by atoms with E-state index in [1.807, 2.05) is 0 Å². The lowest BCUT2D eigenvalue weighted by Gasteiger charge is -2.01. The zero-order valence-corrected chi connectivity index (χ0v) is 10.3. The number of hydrogen-bond donors (Lipinski definition) is 3. The van der Waals surface area contributed by atoms with Crippen molar-refractivity contribution in [3.8, 4) is 0 Å². The summed E-state index contributed by atoms with van der Waals surface area (Å²) < 4.78 is 0. The summed E-state index contributed by atoms with van der Waals surface area (Å²) in [4.78, 5) is 35.9. The van der Waals surface area contributed by atoms with Crippen LogP contribution in [0.2, 0.25) is 0 Å². The van der Waals surface area contributed by atoms with Crippen LogP contribution in [0.15, 0.2) is 35.3 Å². The fourth-order valence-electron chi connectivity index (χ4n) is 1.80. The van der Waals surface area contributed by atoms with Crippen molar-refractivity contribution in [3.63, 3.8) is 0 Å². The summed E-state index contributed by atoms with van der Waals surface area (Å²) >= 11 is 0. The van der Waals surface area contributed by atoms with Crippen LogP contribution in [0, 0.1) is 0 Å². The van der Waals surface area contributed by atoms with Crippen LogP contribution in [0.5, 0.6) is 0 Å². The maximum absolute atomic E-state index is 11.9. The average molecular weight is 273 g/mol. The molecule has 0 saturated carbocycles. The zero-order chi connectivity index (χ0) is 14.7. The van der Waals surface area contributed by atoms with E-state index in [1.54, 1.807) is 18.2 Å². The Balaban J connectivity index is 2.44. The molecule has 1 aromatic heterocycles. The van der Waals surface area contributed by atoms with Gasteiger partial charge in [0.15, 0.2) is 0 Å². The number of rotatable bonds is 4. The molecular weight excluding hydrogens is 262 g/mol. The van der Waals surface area contributed by atoms with Gasteiger partial charge in [-0.15, -0.1) is 0 Å². The van der Waals surface area contributed by atoms with Gasteiger partial charge in [-0.2, -0.15) is 0 Å². The molecule has 0 aliphatic carbocycles. The van der Waals surface area contributed by atoms with Gasteiger partial charge in [0.25, 0.3) is 0 Å². The van der Waals surface area contributed by atoms with Gasteiger partial charge in [0.05, 0.1) is 6.42 Å². The van der Waals surface area contributed by atoms with Crippen LogP contribution in [0.3, 0.4) is 0 Å². The molecule has 0 unspecified atom stereocenters. The number of aliphatic carboxylic acids is 1. The zero-order valence-electron chi connectivity index (χ0n) is 10.3. The normalized spacial score (nSPS) is 11.0. The highest BCUT2D eigenvalue weighted by molar-refractivity contribution is 5.92. The second kappa shape index (κ2) is 5.40. The molecule has 0 fully saturated rings. The Morgan fingerprint density at radius 3 is 2.65 bits per heavy atom. The Morgan fingerprint density at radius 1 is 1.25 bits per heavy atom. The van der Waals surface area contributed by atoms with Gasteiger partial charge in [0.1, 0.15) is 5.56 Å². The second-order valence-electron chi connectivity index (χ2n) is 4.14. The number of nitrogens with one attached hydrogen (secondary N) is 1. The van der Waals surface area contributed by atoms with E-state index in [2.05, 4.69) is 4.98 Å². The Labute approximate surface area is 113 Å². The molecule has 2 rings (SSSR count). The van der Waals surface area contributed by atoms with E-state index in [0.29, 0.717) is 5.52 Å². The van der Waals surface area contributed by atoms with E-state index >= 15 is 0 Å². The van der Waals surface area contributed by atoms with Crippen LogP contribution in [0.1, 0.15) is 22.3 Å². The molecule has 102 valence electrons. The van der Waals surface area contributed by atoms with Gasteiger partial charge >= 0.3 is 11.9 Å².